The fraction of sp³-hybridized carbons (Fsp3) is 0.115. The molecule has 3 N–H and O–H groups in total. The molecule has 0 atom stereocenters. The van der Waals surface area contributed by atoms with Gasteiger partial charge in [0.15, 0.2) is 23.0 Å². The van der Waals surface area contributed by atoms with E-state index >= 15 is 0 Å². The number of nitrogens with zero attached hydrogens (tertiary/aromatic N) is 1. The van der Waals surface area contributed by atoms with Gasteiger partial charge in [0, 0.05) is 5.56 Å². The zero-order valence-electron chi connectivity index (χ0n) is 19.2. The molecule has 184 valence electrons. The van der Waals surface area contributed by atoms with Crippen LogP contribution in [-0.4, -0.2) is 36.5 Å². The molecule has 4 rings (SSSR count). The van der Waals surface area contributed by atoms with Gasteiger partial charge < -0.3 is 24.6 Å². The second-order valence-corrected chi connectivity index (χ2v) is 7.88. The van der Waals surface area contributed by atoms with E-state index in [-0.39, 0.29) is 29.0 Å². The average Bonchev–Trinajstić information content (AvgIpc) is 3.35. The molecule has 1 aliphatic heterocycles. The number of fused-ring (bicyclic) bond motifs is 1. The summed E-state index contributed by atoms with van der Waals surface area (Å²) in [5.74, 6) is 0.00495. The predicted molar refractivity (Wildman–Crippen MR) is 134 cm³/mol. The number of amides is 2. The maximum Gasteiger partial charge on any atom is 0.287 e. The number of aromatic hydroxyl groups is 1. The third kappa shape index (κ3) is 5.94. The van der Waals surface area contributed by atoms with Crippen LogP contribution < -0.4 is 25.0 Å². The number of benzene rings is 3. The third-order valence-electron chi connectivity index (χ3n) is 4.97. The van der Waals surface area contributed by atoms with Crippen molar-refractivity contribution in [2.45, 2.75) is 6.92 Å². The van der Waals surface area contributed by atoms with E-state index in [1.807, 2.05) is 0 Å². The Morgan fingerprint density at radius 2 is 1.86 bits per heavy atom. The largest absolute Gasteiger partial charge is 0.503 e. The molecule has 0 saturated heterocycles. The SMILES string of the molecule is CCOc1cc(/C=N/NC(=O)C(=Cc2ccc3c(c2)OCO3)NC(=O)c2ccccc2)cc(Cl)c1O. The van der Waals surface area contributed by atoms with Crippen molar-refractivity contribution in [3.05, 3.63) is 88.1 Å². The van der Waals surface area contributed by atoms with Gasteiger partial charge in [0.1, 0.15) is 5.70 Å². The second-order valence-electron chi connectivity index (χ2n) is 7.47. The molecule has 1 aliphatic rings. The summed E-state index contributed by atoms with van der Waals surface area (Å²) < 4.78 is 16.1. The van der Waals surface area contributed by atoms with E-state index in [0.29, 0.717) is 34.8 Å². The molecule has 0 bridgehead atoms. The average molecular weight is 508 g/mol. The van der Waals surface area contributed by atoms with E-state index in [1.54, 1.807) is 55.5 Å². The minimum atomic E-state index is -0.664. The van der Waals surface area contributed by atoms with Crippen molar-refractivity contribution in [1.82, 2.24) is 10.7 Å². The number of nitrogens with one attached hydrogen (secondary N) is 2. The molecule has 1 heterocycles. The highest BCUT2D eigenvalue weighted by Gasteiger charge is 2.17. The van der Waals surface area contributed by atoms with Gasteiger partial charge in [-0.15, -0.1) is 0 Å². The first-order valence-electron chi connectivity index (χ1n) is 10.9. The molecule has 0 radical (unpaired) electrons. The molecule has 0 aromatic heterocycles. The highest BCUT2D eigenvalue weighted by atomic mass is 35.5. The summed E-state index contributed by atoms with van der Waals surface area (Å²) in [4.78, 5) is 25.7. The maximum absolute atomic E-state index is 13.0. The van der Waals surface area contributed by atoms with Crippen molar-refractivity contribution in [1.29, 1.82) is 0 Å². The van der Waals surface area contributed by atoms with Crippen LogP contribution in [0.1, 0.15) is 28.4 Å². The maximum atomic E-state index is 13.0. The number of hydrogen-bond acceptors (Lipinski definition) is 7. The number of phenols is 1. The summed E-state index contributed by atoms with van der Waals surface area (Å²) in [5.41, 5.74) is 3.82. The fourth-order valence-corrected chi connectivity index (χ4v) is 3.49. The van der Waals surface area contributed by atoms with Gasteiger partial charge in [-0.25, -0.2) is 5.43 Å². The Bertz CT molecular complexity index is 1340. The summed E-state index contributed by atoms with van der Waals surface area (Å²) in [5, 5.41) is 16.6. The smallest absolute Gasteiger partial charge is 0.287 e. The van der Waals surface area contributed by atoms with Gasteiger partial charge in [-0.3, -0.25) is 9.59 Å². The first kappa shape index (κ1) is 24.6. The van der Waals surface area contributed by atoms with Crippen LogP contribution in [0.15, 0.2) is 71.5 Å². The minimum Gasteiger partial charge on any atom is -0.503 e. The Labute approximate surface area is 211 Å². The van der Waals surface area contributed by atoms with Gasteiger partial charge in [-0.2, -0.15) is 5.10 Å². The van der Waals surface area contributed by atoms with Gasteiger partial charge in [0.2, 0.25) is 6.79 Å². The molecule has 3 aromatic rings. The molecular formula is C26H22ClN3O6. The number of phenolic OH excluding ortho intramolecular Hbond substituents is 1. The molecule has 9 nitrogen and oxygen atoms in total. The molecule has 0 aliphatic carbocycles. The Morgan fingerprint density at radius 1 is 1.08 bits per heavy atom. The van der Waals surface area contributed by atoms with E-state index in [2.05, 4.69) is 15.8 Å². The zero-order valence-corrected chi connectivity index (χ0v) is 19.9. The number of rotatable bonds is 8. The molecule has 10 heteroatoms. The lowest BCUT2D eigenvalue weighted by Gasteiger charge is -2.10. The topological polar surface area (TPSA) is 118 Å². The summed E-state index contributed by atoms with van der Waals surface area (Å²) in [6.45, 7) is 2.21. The highest BCUT2D eigenvalue weighted by molar-refractivity contribution is 6.32. The van der Waals surface area contributed by atoms with E-state index in [1.165, 1.54) is 24.4 Å². The summed E-state index contributed by atoms with van der Waals surface area (Å²) >= 11 is 6.04. The number of halogens is 1. The van der Waals surface area contributed by atoms with E-state index in [9.17, 15) is 14.7 Å². The Hall–Kier alpha value is -4.50. The number of carbonyl (C=O) groups is 2. The van der Waals surface area contributed by atoms with Crippen molar-refractivity contribution < 1.29 is 28.9 Å². The fourth-order valence-electron chi connectivity index (χ4n) is 3.27. The van der Waals surface area contributed by atoms with Crippen LogP contribution in [0.5, 0.6) is 23.0 Å². The first-order valence-corrected chi connectivity index (χ1v) is 11.3. The van der Waals surface area contributed by atoms with Crippen LogP contribution in [-0.2, 0) is 4.79 Å². The van der Waals surface area contributed by atoms with Crippen molar-refractivity contribution in [2.24, 2.45) is 5.10 Å². The standard InChI is InChI=1S/C26H22ClN3O6/c1-2-34-23-13-17(10-19(27)24(23)31)14-28-30-26(33)20(29-25(32)18-6-4-3-5-7-18)11-16-8-9-21-22(12-16)36-15-35-21/h3-14,31H,2,15H2,1H3,(H,29,32)(H,30,33)/b20-11?,28-14+. The van der Waals surface area contributed by atoms with Crippen molar-refractivity contribution in [3.8, 4) is 23.0 Å². The van der Waals surface area contributed by atoms with Gasteiger partial charge in [0.05, 0.1) is 17.8 Å². The lowest BCUT2D eigenvalue weighted by molar-refractivity contribution is -0.117. The van der Waals surface area contributed by atoms with E-state index in [4.69, 9.17) is 25.8 Å². The van der Waals surface area contributed by atoms with Crippen molar-refractivity contribution in [3.63, 3.8) is 0 Å². The van der Waals surface area contributed by atoms with Crippen LogP contribution in [0.25, 0.3) is 6.08 Å². The number of hydrogen-bond donors (Lipinski definition) is 3. The molecule has 0 unspecified atom stereocenters. The lowest BCUT2D eigenvalue weighted by Crippen LogP contribution is -2.32. The molecule has 2 amide bonds. The summed E-state index contributed by atoms with van der Waals surface area (Å²) in [7, 11) is 0. The molecular weight excluding hydrogens is 486 g/mol. The van der Waals surface area contributed by atoms with Crippen LogP contribution >= 0.6 is 11.6 Å². The van der Waals surface area contributed by atoms with E-state index < -0.39 is 11.8 Å². The van der Waals surface area contributed by atoms with Gasteiger partial charge >= 0.3 is 0 Å². The minimum absolute atomic E-state index is 0.0430. The van der Waals surface area contributed by atoms with Gasteiger partial charge in [-0.1, -0.05) is 35.9 Å². The molecule has 0 spiro atoms. The first-order chi connectivity index (χ1) is 17.4. The van der Waals surface area contributed by atoms with Crippen molar-refractivity contribution >= 4 is 35.7 Å². The Balaban J connectivity index is 1.56. The zero-order chi connectivity index (χ0) is 25.5. The monoisotopic (exact) mass is 507 g/mol. The molecule has 36 heavy (non-hydrogen) atoms. The van der Waals surface area contributed by atoms with Crippen LogP contribution in [0.4, 0.5) is 0 Å². The normalized spacial score (nSPS) is 12.4. The van der Waals surface area contributed by atoms with Crippen LogP contribution in [0, 0.1) is 0 Å². The van der Waals surface area contributed by atoms with Gasteiger partial charge in [0.25, 0.3) is 11.8 Å². The summed E-state index contributed by atoms with van der Waals surface area (Å²) in [6, 6.07) is 16.6. The number of carbonyl (C=O) groups excluding carboxylic acids is 2. The number of ether oxygens (including phenoxy) is 3. The second kappa shape index (κ2) is 11.3. The van der Waals surface area contributed by atoms with E-state index in [0.717, 1.165) is 0 Å². The Kier molecular flexibility index (Phi) is 7.72. The molecule has 0 fully saturated rings. The van der Waals surface area contributed by atoms with Gasteiger partial charge in [-0.05, 0) is 60.5 Å². The highest BCUT2D eigenvalue weighted by Crippen LogP contribution is 2.35. The summed E-state index contributed by atoms with van der Waals surface area (Å²) in [6.07, 6.45) is 2.83. The Morgan fingerprint density at radius 3 is 2.64 bits per heavy atom. The molecule has 0 saturated carbocycles. The molecule has 3 aromatic carbocycles. The van der Waals surface area contributed by atoms with Crippen LogP contribution in [0.2, 0.25) is 5.02 Å². The van der Waals surface area contributed by atoms with Crippen molar-refractivity contribution in [2.75, 3.05) is 13.4 Å². The predicted octanol–water partition coefficient (Wildman–Crippen LogP) is 4.09. The van der Waals surface area contributed by atoms with Crippen LogP contribution in [0.3, 0.4) is 0 Å². The third-order valence-corrected chi connectivity index (χ3v) is 5.25. The quantitative estimate of drug-likeness (QED) is 0.240. The number of hydrazone groups is 1. The lowest BCUT2D eigenvalue weighted by atomic mass is 10.1.